The molecule has 2 aromatic rings. The van der Waals surface area contributed by atoms with Crippen molar-refractivity contribution in [2.45, 2.75) is 4.90 Å². The molecule has 0 saturated heterocycles. The Labute approximate surface area is 130 Å². The Morgan fingerprint density at radius 2 is 1.70 bits per heavy atom. The molecule has 2 rings (SSSR count). The molecule has 0 aromatic heterocycles. The maximum Gasteiger partial charge on any atom is 0.234 e. The van der Waals surface area contributed by atoms with E-state index in [1.807, 2.05) is 0 Å². The molecule has 0 heterocycles. The highest BCUT2D eigenvalue weighted by Crippen LogP contribution is 2.33. The second-order valence-electron chi connectivity index (χ2n) is 3.89. The highest BCUT2D eigenvalue weighted by Gasteiger charge is 2.09. The summed E-state index contributed by atoms with van der Waals surface area (Å²) < 4.78 is 12.7. The molecule has 1 N–H and O–H groups in total. The molecule has 0 unspecified atom stereocenters. The minimum atomic E-state index is -0.347. The predicted molar refractivity (Wildman–Crippen MR) is 82.2 cm³/mol. The van der Waals surface area contributed by atoms with E-state index in [1.165, 1.54) is 36.0 Å². The predicted octanol–water partition coefficient (Wildman–Crippen LogP) is 4.86. The fourth-order valence-electron chi connectivity index (χ4n) is 1.49. The number of hydrogen-bond acceptors (Lipinski definition) is 2. The van der Waals surface area contributed by atoms with E-state index in [-0.39, 0.29) is 17.5 Å². The first-order valence-corrected chi connectivity index (χ1v) is 7.42. The van der Waals surface area contributed by atoms with Crippen LogP contribution in [0, 0.1) is 5.82 Å². The number of halogens is 3. The number of carbonyl (C=O) groups is 1. The summed E-state index contributed by atoms with van der Waals surface area (Å²) in [5, 5.41) is 3.69. The van der Waals surface area contributed by atoms with Crippen molar-refractivity contribution >= 4 is 46.6 Å². The van der Waals surface area contributed by atoms with E-state index in [0.717, 1.165) is 0 Å². The zero-order chi connectivity index (χ0) is 14.5. The minimum absolute atomic E-state index is 0.167. The molecule has 0 aliphatic heterocycles. The summed E-state index contributed by atoms with van der Waals surface area (Å²) in [4.78, 5) is 12.5. The standard InChI is InChI=1S/C14H10Cl2FNOS/c15-11-2-1-3-12(16)14(11)20-8-13(19)18-10-6-4-9(17)5-7-10/h1-7H,8H2,(H,18,19). The third-order valence-electron chi connectivity index (χ3n) is 2.39. The Hall–Kier alpha value is -1.23. The van der Waals surface area contributed by atoms with Crippen molar-refractivity contribution in [3.8, 4) is 0 Å². The molecule has 20 heavy (non-hydrogen) atoms. The number of amides is 1. The molecule has 1 amide bonds. The van der Waals surface area contributed by atoms with Crippen LogP contribution >= 0.6 is 35.0 Å². The molecule has 104 valence electrons. The number of anilines is 1. The van der Waals surface area contributed by atoms with Gasteiger partial charge in [-0.05, 0) is 36.4 Å². The van der Waals surface area contributed by atoms with Crippen LogP contribution in [0.15, 0.2) is 47.4 Å². The zero-order valence-electron chi connectivity index (χ0n) is 10.2. The number of carbonyl (C=O) groups excluding carboxylic acids is 1. The highest BCUT2D eigenvalue weighted by molar-refractivity contribution is 8.00. The van der Waals surface area contributed by atoms with Gasteiger partial charge in [0.15, 0.2) is 0 Å². The average molecular weight is 330 g/mol. The summed E-state index contributed by atoms with van der Waals surface area (Å²) in [6, 6.07) is 10.7. The van der Waals surface area contributed by atoms with Crippen LogP contribution in [-0.2, 0) is 4.79 Å². The summed E-state index contributed by atoms with van der Waals surface area (Å²) in [5.41, 5.74) is 0.544. The average Bonchev–Trinajstić information content (AvgIpc) is 2.41. The van der Waals surface area contributed by atoms with E-state index < -0.39 is 0 Å². The Bertz CT molecular complexity index is 599. The van der Waals surface area contributed by atoms with Gasteiger partial charge in [0.05, 0.1) is 15.8 Å². The molecular weight excluding hydrogens is 320 g/mol. The van der Waals surface area contributed by atoms with Crippen molar-refractivity contribution in [2.75, 3.05) is 11.1 Å². The van der Waals surface area contributed by atoms with Crippen LogP contribution in [0.1, 0.15) is 0 Å². The van der Waals surface area contributed by atoms with E-state index >= 15 is 0 Å². The number of thioether (sulfide) groups is 1. The van der Waals surface area contributed by atoms with Gasteiger partial charge in [-0.3, -0.25) is 4.79 Å². The van der Waals surface area contributed by atoms with Crippen LogP contribution in [0.25, 0.3) is 0 Å². The summed E-state index contributed by atoms with van der Waals surface area (Å²) in [6.07, 6.45) is 0. The third-order valence-corrected chi connectivity index (χ3v) is 4.38. The fourth-order valence-corrected chi connectivity index (χ4v) is 2.97. The maximum atomic E-state index is 12.7. The van der Waals surface area contributed by atoms with Gasteiger partial charge in [-0.1, -0.05) is 29.3 Å². The molecule has 0 aliphatic carbocycles. The molecule has 0 bridgehead atoms. The van der Waals surface area contributed by atoms with Crippen molar-refractivity contribution in [1.82, 2.24) is 0 Å². The Morgan fingerprint density at radius 1 is 1.10 bits per heavy atom. The van der Waals surface area contributed by atoms with Crippen molar-refractivity contribution in [3.05, 3.63) is 58.3 Å². The van der Waals surface area contributed by atoms with Crippen molar-refractivity contribution in [3.63, 3.8) is 0 Å². The summed E-state index contributed by atoms with van der Waals surface area (Å²) in [6.45, 7) is 0. The molecule has 2 aromatic carbocycles. The van der Waals surface area contributed by atoms with Crippen LogP contribution in [-0.4, -0.2) is 11.7 Å². The topological polar surface area (TPSA) is 29.1 Å². The fraction of sp³-hybridized carbons (Fsp3) is 0.0714. The van der Waals surface area contributed by atoms with Crippen LogP contribution in [0.2, 0.25) is 10.0 Å². The summed E-state index contributed by atoms with van der Waals surface area (Å²) >= 11 is 13.3. The Balaban J connectivity index is 1.94. The SMILES string of the molecule is O=C(CSc1c(Cl)cccc1Cl)Nc1ccc(F)cc1. The summed E-state index contributed by atoms with van der Waals surface area (Å²) in [5.74, 6) is -0.390. The second-order valence-corrected chi connectivity index (χ2v) is 5.69. The lowest BCUT2D eigenvalue weighted by Gasteiger charge is -2.07. The third kappa shape index (κ3) is 4.13. The van der Waals surface area contributed by atoms with Gasteiger partial charge in [0.25, 0.3) is 0 Å². The lowest BCUT2D eigenvalue weighted by Crippen LogP contribution is -2.13. The Morgan fingerprint density at radius 3 is 2.30 bits per heavy atom. The van der Waals surface area contributed by atoms with Crippen molar-refractivity contribution in [1.29, 1.82) is 0 Å². The molecule has 0 radical (unpaired) electrons. The number of hydrogen-bond donors (Lipinski definition) is 1. The van der Waals surface area contributed by atoms with Crippen LogP contribution in [0.4, 0.5) is 10.1 Å². The van der Waals surface area contributed by atoms with Crippen molar-refractivity contribution < 1.29 is 9.18 Å². The van der Waals surface area contributed by atoms with Gasteiger partial charge in [0.2, 0.25) is 5.91 Å². The molecule has 0 atom stereocenters. The van der Waals surface area contributed by atoms with E-state index in [9.17, 15) is 9.18 Å². The van der Waals surface area contributed by atoms with Gasteiger partial charge in [0.1, 0.15) is 5.82 Å². The highest BCUT2D eigenvalue weighted by atomic mass is 35.5. The first kappa shape index (κ1) is 15.2. The maximum absolute atomic E-state index is 12.7. The number of rotatable bonds is 4. The first-order chi connectivity index (χ1) is 9.56. The van der Waals surface area contributed by atoms with Gasteiger partial charge in [-0.25, -0.2) is 4.39 Å². The summed E-state index contributed by atoms with van der Waals surface area (Å²) in [7, 11) is 0. The Kier molecular flexibility index (Phi) is 5.29. The quantitative estimate of drug-likeness (QED) is 0.811. The van der Waals surface area contributed by atoms with Crippen LogP contribution in [0.3, 0.4) is 0 Å². The first-order valence-electron chi connectivity index (χ1n) is 5.68. The molecule has 0 aliphatic rings. The molecule has 0 saturated carbocycles. The molecule has 6 heteroatoms. The molecular formula is C14H10Cl2FNOS. The van der Waals surface area contributed by atoms with Gasteiger partial charge in [-0.2, -0.15) is 0 Å². The van der Waals surface area contributed by atoms with Crippen molar-refractivity contribution in [2.24, 2.45) is 0 Å². The van der Waals surface area contributed by atoms with E-state index in [0.29, 0.717) is 20.6 Å². The van der Waals surface area contributed by atoms with Crippen LogP contribution < -0.4 is 5.32 Å². The molecule has 0 spiro atoms. The van der Waals surface area contributed by atoms with Gasteiger partial charge in [-0.15, -0.1) is 11.8 Å². The van der Waals surface area contributed by atoms with Gasteiger partial charge < -0.3 is 5.32 Å². The van der Waals surface area contributed by atoms with Crippen LogP contribution in [0.5, 0.6) is 0 Å². The normalized spacial score (nSPS) is 10.3. The van der Waals surface area contributed by atoms with E-state index in [4.69, 9.17) is 23.2 Å². The smallest absolute Gasteiger partial charge is 0.234 e. The van der Waals surface area contributed by atoms with E-state index in [2.05, 4.69) is 5.32 Å². The zero-order valence-corrected chi connectivity index (χ0v) is 12.5. The molecule has 0 fully saturated rings. The minimum Gasteiger partial charge on any atom is -0.325 e. The van der Waals surface area contributed by atoms with Gasteiger partial charge >= 0.3 is 0 Å². The number of benzene rings is 2. The number of nitrogens with one attached hydrogen (secondary N) is 1. The van der Waals surface area contributed by atoms with E-state index in [1.54, 1.807) is 18.2 Å². The monoisotopic (exact) mass is 329 g/mol. The largest absolute Gasteiger partial charge is 0.325 e. The second kappa shape index (κ2) is 6.97. The van der Waals surface area contributed by atoms with Gasteiger partial charge in [0, 0.05) is 10.6 Å². The lowest BCUT2D eigenvalue weighted by atomic mass is 10.3. The molecule has 2 nitrogen and oxygen atoms in total. The lowest BCUT2D eigenvalue weighted by molar-refractivity contribution is -0.113.